The predicted octanol–water partition coefficient (Wildman–Crippen LogP) is 7.38. The molecule has 0 spiro atoms. The van der Waals surface area contributed by atoms with E-state index in [-0.39, 0.29) is 10.6 Å². The molecule has 2 aliphatic rings. The van der Waals surface area contributed by atoms with Gasteiger partial charge in [-0.15, -0.1) is 0 Å². The Morgan fingerprint density at radius 2 is 1.76 bits per heavy atom. The minimum absolute atomic E-state index is 0.155. The van der Waals surface area contributed by atoms with Crippen molar-refractivity contribution in [3.63, 3.8) is 0 Å². The van der Waals surface area contributed by atoms with Gasteiger partial charge in [0.25, 0.3) is 0 Å². The van der Waals surface area contributed by atoms with Crippen molar-refractivity contribution in [2.45, 2.75) is 72.1 Å². The zero-order valence-electron chi connectivity index (χ0n) is 27.1. The molecule has 9 nitrogen and oxygen atoms in total. The largest absolute Gasteiger partial charge is 0.479 e. The van der Waals surface area contributed by atoms with Gasteiger partial charge in [-0.3, -0.25) is 4.98 Å². The summed E-state index contributed by atoms with van der Waals surface area (Å²) in [4.78, 5) is 35.4. The third-order valence-corrected chi connectivity index (χ3v) is 9.14. The molecule has 0 aliphatic carbocycles. The Balaban J connectivity index is 1.36. The Morgan fingerprint density at radius 1 is 0.978 bits per heavy atom. The maximum Gasteiger partial charge on any atom is 0.337 e. The summed E-state index contributed by atoms with van der Waals surface area (Å²) in [6, 6.07) is 12.3. The van der Waals surface area contributed by atoms with E-state index in [9.17, 15) is 9.90 Å². The van der Waals surface area contributed by atoms with Gasteiger partial charge in [-0.1, -0.05) is 43.6 Å². The highest BCUT2D eigenvalue weighted by atomic mass is 35.5. The molecule has 5 heterocycles. The van der Waals surface area contributed by atoms with Crippen LogP contribution in [-0.2, 0) is 22.5 Å². The van der Waals surface area contributed by atoms with Crippen LogP contribution >= 0.6 is 11.6 Å². The number of halogens is 1. The predicted molar refractivity (Wildman–Crippen MR) is 181 cm³/mol. The molecule has 1 aromatic carbocycles. The molecule has 1 fully saturated rings. The van der Waals surface area contributed by atoms with E-state index in [4.69, 9.17) is 21.3 Å². The average Bonchev–Trinajstić information content (AvgIpc) is 3.03. The van der Waals surface area contributed by atoms with Gasteiger partial charge in [0.1, 0.15) is 5.15 Å². The first-order valence-corrected chi connectivity index (χ1v) is 16.2. The summed E-state index contributed by atoms with van der Waals surface area (Å²) in [6.07, 6.45) is 8.65. The SMILES string of the molecule is CC1(C)CCN(c2c(-c3ccc4c(c3)CCN(c3nccc(-c5cccnc5)n3)C4)cnc(Cl)c2[C@H](OC(C)(C)C)C(=O)O)CC1. The highest BCUT2D eigenvalue weighted by Gasteiger charge is 2.36. The fourth-order valence-electron chi connectivity index (χ4n) is 6.27. The second kappa shape index (κ2) is 12.6. The number of carbonyl (C=O) groups is 1. The van der Waals surface area contributed by atoms with Crippen LogP contribution < -0.4 is 9.80 Å². The number of hydrogen-bond donors (Lipinski definition) is 1. The molecule has 1 saturated heterocycles. The Labute approximate surface area is 275 Å². The first-order valence-electron chi connectivity index (χ1n) is 15.8. The van der Waals surface area contributed by atoms with Gasteiger partial charge in [0.2, 0.25) is 5.95 Å². The monoisotopic (exact) mass is 640 g/mol. The summed E-state index contributed by atoms with van der Waals surface area (Å²) in [7, 11) is 0. The van der Waals surface area contributed by atoms with Crippen molar-refractivity contribution in [2.75, 3.05) is 29.4 Å². The van der Waals surface area contributed by atoms with Crippen LogP contribution in [0.2, 0.25) is 5.15 Å². The molecule has 0 bridgehead atoms. The van der Waals surface area contributed by atoms with Gasteiger partial charge in [-0.05, 0) is 80.3 Å². The Morgan fingerprint density at radius 3 is 2.46 bits per heavy atom. The molecule has 0 radical (unpaired) electrons. The minimum atomic E-state index is -1.27. The first kappa shape index (κ1) is 31.9. The van der Waals surface area contributed by atoms with Crippen LogP contribution in [0.3, 0.4) is 0 Å². The van der Waals surface area contributed by atoms with E-state index in [1.165, 1.54) is 11.1 Å². The lowest BCUT2D eigenvalue weighted by molar-refractivity contribution is -0.160. The van der Waals surface area contributed by atoms with Gasteiger partial charge in [0, 0.05) is 62.1 Å². The molecule has 1 N–H and O–H groups in total. The standard InChI is InChI=1S/C36H41ClN6O3/c1-35(2,3)46-31(33(44)45)29-30(42-17-12-36(4,5)13-18-42)27(21-40-32(29)37)24-8-9-26-22-43(16-11-23(26)19-24)34-39-15-10-28(41-34)25-7-6-14-38-20-25/h6-10,14-15,19-21,31H,11-13,16-18,22H2,1-5H3,(H,44,45)/t31-/m0/s1. The zero-order valence-corrected chi connectivity index (χ0v) is 27.9. The summed E-state index contributed by atoms with van der Waals surface area (Å²) in [6.45, 7) is 13.1. The molecule has 3 aromatic heterocycles. The van der Waals surface area contributed by atoms with E-state index in [1.807, 2.05) is 45.2 Å². The summed E-state index contributed by atoms with van der Waals surface area (Å²) < 4.78 is 6.14. The van der Waals surface area contributed by atoms with Crippen LogP contribution in [0.15, 0.2) is 61.2 Å². The van der Waals surface area contributed by atoms with Crippen LogP contribution in [-0.4, -0.2) is 56.2 Å². The van der Waals surface area contributed by atoms with Crippen molar-refractivity contribution in [3.8, 4) is 22.4 Å². The smallest absolute Gasteiger partial charge is 0.337 e. The Kier molecular flexibility index (Phi) is 8.74. The van der Waals surface area contributed by atoms with Crippen molar-refractivity contribution in [2.24, 2.45) is 5.41 Å². The summed E-state index contributed by atoms with van der Waals surface area (Å²) in [5, 5.41) is 10.5. The number of anilines is 2. The topological polar surface area (TPSA) is 105 Å². The fourth-order valence-corrected chi connectivity index (χ4v) is 6.51. The lowest BCUT2D eigenvalue weighted by atomic mass is 9.82. The number of nitrogens with zero attached hydrogens (tertiary/aromatic N) is 6. The number of ether oxygens (including phenoxy) is 1. The summed E-state index contributed by atoms with van der Waals surface area (Å²) >= 11 is 6.77. The quantitative estimate of drug-likeness (QED) is 0.207. The average molecular weight is 641 g/mol. The maximum absolute atomic E-state index is 12.7. The first-order chi connectivity index (χ1) is 21.9. The van der Waals surface area contributed by atoms with Crippen LogP contribution in [0.4, 0.5) is 11.6 Å². The number of benzene rings is 1. The molecule has 0 saturated carbocycles. The van der Waals surface area contributed by atoms with Crippen LogP contribution in [0, 0.1) is 5.41 Å². The second-order valence-electron chi connectivity index (χ2n) is 14.0. The number of fused-ring (bicyclic) bond motifs is 1. The zero-order chi connectivity index (χ0) is 32.6. The number of carboxylic acids is 1. The van der Waals surface area contributed by atoms with Gasteiger partial charge in [0.05, 0.1) is 22.5 Å². The molecule has 10 heteroatoms. The number of aromatic nitrogens is 4. The lowest BCUT2D eigenvalue weighted by Gasteiger charge is -2.40. The molecule has 4 aromatic rings. The minimum Gasteiger partial charge on any atom is -0.479 e. The normalized spacial score (nSPS) is 17.0. The Bertz CT molecular complexity index is 1730. The number of pyridine rings is 2. The van der Waals surface area contributed by atoms with Crippen LogP contribution in [0.5, 0.6) is 0 Å². The summed E-state index contributed by atoms with van der Waals surface area (Å²) in [5.74, 6) is -0.397. The van der Waals surface area contributed by atoms with Crippen molar-refractivity contribution >= 4 is 29.2 Å². The summed E-state index contributed by atoms with van der Waals surface area (Å²) in [5.41, 5.74) is 6.79. The number of carboxylic acid groups (broad SMARTS) is 1. The number of piperidine rings is 1. The Hall–Kier alpha value is -4.08. The second-order valence-corrected chi connectivity index (χ2v) is 14.3. The third kappa shape index (κ3) is 6.86. The highest BCUT2D eigenvalue weighted by molar-refractivity contribution is 6.31. The van der Waals surface area contributed by atoms with E-state index >= 15 is 0 Å². The van der Waals surface area contributed by atoms with Gasteiger partial charge < -0.3 is 19.6 Å². The van der Waals surface area contributed by atoms with Gasteiger partial charge in [-0.25, -0.2) is 19.7 Å². The molecule has 6 rings (SSSR count). The molecule has 1 atom stereocenters. The third-order valence-electron chi connectivity index (χ3n) is 8.84. The molecular weight excluding hydrogens is 600 g/mol. The molecular formula is C36H41ClN6O3. The van der Waals surface area contributed by atoms with Crippen molar-refractivity contribution < 1.29 is 14.6 Å². The van der Waals surface area contributed by atoms with E-state index in [0.29, 0.717) is 18.1 Å². The maximum atomic E-state index is 12.7. The molecule has 240 valence electrons. The molecule has 0 unspecified atom stereocenters. The van der Waals surface area contributed by atoms with E-state index in [1.54, 1.807) is 18.6 Å². The van der Waals surface area contributed by atoms with Crippen LogP contribution in [0.25, 0.3) is 22.4 Å². The number of rotatable bonds is 7. The van der Waals surface area contributed by atoms with E-state index in [2.05, 4.69) is 56.8 Å². The van der Waals surface area contributed by atoms with E-state index < -0.39 is 17.7 Å². The van der Waals surface area contributed by atoms with E-state index in [0.717, 1.165) is 67.0 Å². The lowest BCUT2D eigenvalue weighted by Crippen LogP contribution is -2.39. The van der Waals surface area contributed by atoms with Gasteiger partial charge >= 0.3 is 5.97 Å². The van der Waals surface area contributed by atoms with Gasteiger partial charge in [0.15, 0.2) is 6.10 Å². The highest BCUT2D eigenvalue weighted by Crippen LogP contribution is 2.45. The molecule has 46 heavy (non-hydrogen) atoms. The van der Waals surface area contributed by atoms with Gasteiger partial charge in [-0.2, -0.15) is 0 Å². The molecule has 0 amide bonds. The van der Waals surface area contributed by atoms with Crippen LogP contribution in [0.1, 0.15) is 70.3 Å². The number of hydrogen-bond acceptors (Lipinski definition) is 8. The van der Waals surface area contributed by atoms with Crippen molar-refractivity contribution in [3.05, 3.63) is 83.0 Å². The molecule has 2 aliphatic heterocycles. The van der Waals surface area contributed by atoms with Crippen molar-refractivity contribution in [1.82, 2.24) is 19.9 Å². The van der Waals surface area contributed by atoms with Crippen molar-refractivity contribution in [1.29, 1.82) is 0 Å². The number of aliphatic carboxylic acids is 1. The fraction of sp³-hybridized carbons (Fsp3) is 0.417.